The molecule has 1 aromatic heterocycles. The molecule has 3 rings (SSSR count). The predicted octanol–water partition coefficient (Wildman–Crippen LogP) is 2.35. The number of ether oxygens (including phenoxy) is 3. The predicted molar refractivity (Wildman–Crippen MR) is 114 cm³/mol. The van der Waals surface area contributed by atoms with Gasteiger partial charge in [-0.15, -0.1) is 4.40 Å². The first-order chi connectivity index (χ1) is 14.8. The third-order valence-electron chi connectivity index (χ3n) is 4.25. The molecular formula is C20H20N2O7S2. The molecule has 31 heavy (non-hydrogen) atoms. The first-order valence-electron chi connectivity index (χ1n) is 9.11. The first-order valence-corrected chi connectivity index (χ1v) is 11.4. The third-order valence-corrected chi connectivity index (χ3v) is 6.69. The molecule has 0 radical (unpaired) electrons. The Kier molecular flexibility index (Phi) is 6.76. The van der Waals surface area contributed by atoms with Crippen LogP contribution in [0.1, 0.15) is 17.3 Å². The normalized spacial score (nSPS) is 12.0. The fourth-order valence-electron chi connectivity index (χ4n) is 2.78. The van der Waals surface area contributed by atoms with Crippen LogP contribution in [0.2, 0.25) is 0 Å². The van der Waals surface area contributed by atoms with E-state index in [0.717, 1.165) is 11.3 Å². The van der Waals surface area contributed by atoms with Crippen LogP contribution in [0.5, 0.6) is 5.75 Å². The second kappa shape index (κ2) is 9.31. The number of carbonyl (C=O) groups excluding carboxylic acids is 2. The van der Waals surface area contributed by atoms with Crippen LogP contribution in [0.3, 0.4) is 0 Å². The summed E-state index contributed by atoms with van der Waals surface area (Å²) in [6.45, 7) is 1.63. The number of rotatable bonds is 7. The number of esters is 2. The summed E-state index contributed by atoms with van der Waals surface area (Å²) in [6, 6.07) is 10.5. The Morgan fingerprint density at radius 1 is 1.10 bits per heavy atom. The van der Waals surface area contributed by atoms with Crippen LogP contribution in [0.4, 0.5) is 0 Å². The van der Waals surface area contributed by atoms with Crippen molar-refractivity contribution in [1.82, 2.24) is 4.57 Å². The molecule has 0 N–H and O–H groups in total. The fraction of sp³-hybridized carbons (Fsp3) is 0.250. The minimum Gasteiger partial charge on any atom is -0.497 e. The molecule has 0 aliphatic heterocycles. The van der Waals surface area contributed by atoms with Gasteiger partial charge in [0.25, 0.3) is 10.0 Å². The van der Waals surface area contributed by atoms with Gasteiger partial charge in [0.1, 0.15) is 12.3 Å². The maximum absolute atomic E-state index is 12.9. The van der Waals surface area contributed by atoms with Gasteiger partial charge in [0, 0.05) is 0 Å². The number of carbonyl (C=O) groups is 2. The van der Waals surface area contributed by atoms with Gasteiger partial charge in [-0.25, -0.2) is 4.79 Å². The van der Waals surface area contributed by atoms with Crippen molar-refractivity contribution in [1.29, 1.82) is 0 Å². The van der Waals surface area contributed by atoms with E-state index in [1.165, 1.54) is 49.1 Å². The number of thiazole rings is 1. The van der Waals surface area contributed by atoms with Gasteiger partial charge in [-0.05, 0) is 49.4 Å². The Labute approximate surface area is 182 Å². The molecule has 0 saturated heterocycles. The number of methoxy groups -OCH3 is 2. The van der Waals surface area contributed by atoms with E-state index in [0.29, 0.717) is 21.5 Å². The second-order valence-corrected chi connectivity index (χ2v) is 8.80. The molecule has 1 heterocycles. The van der Waals surface area contributed by atoms with E-state index in [-0.39, 0.29) is 22.8 Å². The van der Waals surface area contributed by atoms with E-state index in [4.69, 9.17) is 14.2 Å². The number of aromatic nitrogens is 1. The highest BCUT2D eigenvalue weighted by Gasteiger charge is 2.18. The maximum Gasteiger partial charge on any atom is 0.337 e. The smallest absolute Gasteiger partial charge is 0.337 e. The summed E-state index contributed by atoms with van der Waals surface area (Å²) in [4.78, 5) is 24.0. The molecule has 0 atom stereocenters. The molecule has 11 heteroatoms. The standard InChI is InChI=1S/C20H20N2O7S2/c1-4-29-18(23)12-22-16-10-5-13(19(24)28-3)11-17(16)30-20(22)21-31(25,26)15-8-6-14(27-2)7-9-15/h5-11H,4,12H2,1-3H3. The Morgan fingerprint density at radius 3 is 2.42 bits per heavy atom. The Balaban J connectivity index is 2.17. The van der Waals surface area contributed by atoms with Crippen molar-refractivity contribution in [3.8, 4) is 5.75 Å². The van der Waals surface area contributed by atoms with Gasteiger partial charge in [-0.2, -0.15) is 8.42 Å². The zero-order chi connectivity index (χ0) is 22.6. The van der Waals surface area contributed by atoms with Crippen molar-refractivity contribution >= 4 is 43.5 Å². The van der Waals surface area contributed by atoms with Crippen LogP contribution in [0.25, 0.3) is 10.2 Å². The van der Waals surface area contributed by atoms with E-state index >= 15 is 0 Å². The van der Waals surface area contributed by atoms with Crippen LogP contribution in [-0.4, -0.2) is 45.7 Å². The summed E-state index contributed by atoms with van der Waals surface area (Å²) in [5.41, 5.74) is 0.832. The Bertz CT molecular complexity index is 1290. The Hall–Kier alpha value is -3.18. The molecule has 0 aliphatic carbocycles. The quantitative estimate of drug-likeness (QED) is 0.493. The third kappa shape index (κ3) is 4.94. The molecule has 0 saturated carbocycles. The minimum absolute atomic E-state index is 0.0244. The van der Waals surface area contributed by atoms with Crippen molar-refractivity contribution in [2.45, 2.75) is 18.4 Å². The van der Waals surface area contributed by atoms with E-state index in [1.807, 2.05) is 0 Å². The summed E-state index contributed by atoms with van der Waals surface area (Å²) in [5.74, 6) is -0.562. The molecule has 0 unspecified atom stereocenters. The SMILES string of the molecule is CCOC(=O)Cn1c(=NS(=O)(=O)c2ccc(OC)cc2)sc2cc(C(=O)OC)ccc21. The minimum atomic E-state index is -4.07. The van der Waals surface area contributed by atoms with Gasteiger partial charge in [0.05, 0.1) is 41.5 Å². The maximum atomic E-state index is 12.9. The molecule has 0 bridgehead atoms. The summed E-state index contributed by atoms with van der Waals surface area (Å²) in [5, 5.41) is 0. The van der Waals surface area contributed by atoms with Crippen molar-refractivity contribution in [3.05, 3.63) is 52.8 Å². The second-order valence-electron chi connectivity index (χ2n) is 6.19. The van der Waals surface area contributed by atoms with E-state index in [2.05, 4.69) is 4.40 Å². The number of hydrogen-bond donors (Lipinski definition) is 0. The Morgan fingerprint density at radius 2 is 1.81 bits per heavy atom. The lowest BCUT2D eigenvalue weighted by atomic mass is 10.2. The van der Waals surface area contributed by atoms with Crippen molar-refractivity contribution in [3.63, 3.8) is 0 Å². The molecule has 0 fully saturated rings. The van der Waals surface area contributed by atoms with Crippen LogP contribution in [0, 0.1) is 0 Å². The van der Waals surface area contributed by atoms with E-state index in [1.54, 1.807) is 19.1 Å². The molecule has 0 aliphatic rings. The number of sulfonamides is 1. The number of nitrogens with zero attached hydrogens (tertiary/aromatic N) is 2. The fourth-order valence-corrected chi connectivity index (χ4v) is 5.05. The lowest BCUT2D eigenvalue weighted by molar-refractivity contribution is -0.143. The lowest BCUT2D eigenvalue weighted by Crippen LogP contribution is -2.23. The highest BCUT2D eigenvalue weighted by molar-refractivity contribution is 7.90. The molecule has 3 aromatic rings. The average Bonchev–Trinajstić information content (AvgIpc) is 3.08. The lowest BCUT2D eigenvalue weighted by Gasteiger charge is -2.06. The number of benzene rings is 2. The summed E-state index contributed by atoms with van der Waals surface area (Å²) in [7, 11) is -1.33. The van der Waals surface area contributed by atoms with Gasteiger partial charge in [0.15, 0.2) is 0 Å². The first kappa shape index (κ1) is 22.5. The average molecular weight is 465 g/mol. The van der Waals surface area contributed by atoms with Gasteiger partial charge < -0.3 is 18.8 Å². The molecule has 2 aromatic carbocycles. The van der Waals surface area contributed by atoms with E-state index < -0.39 is 22.0 Å². The zero-order valence-electron chi connectivity index (χ0n) is 17.0. The molecular weight excluding hydrogens is 444 g/mol. The molecule has 164 valence electrons. The molecule has 9 nitrogen and oxygen atoms in total. The highest BCUT2D eigenvalue weighted by Crippen LogP contribution is 2.22. The van der Waals surface area contributed by atoms with Crippen molar-refractivity contribution in [2.24, 2.45) is 4.40 Å². The van der Waals surface area contributed by atoms with Gasteiger partial charge in [-0.3, -0.25) is 4.79 Å². The van der Waals surface area contributed by atoms with Crippen molar-refractivity contribution in [2.75, 3.05) is 20.8 Å². The summed E-state index contributed by atoms with van der Waals surface area (Å²) in [6.07, 6.45) is 0. The van der Waals surface area contributed by atoms with Gasteiger partial charge in [0.2, 0.25) is 4.80 Å². The highest BCUT2D eigenvalue weighted by atomic mass is 32.2. The van der Waals surface area contributed by atoms with Gasteiger partial charge >= 0.3 is 11.9 Å². The summed E-state index contributed by atoms with van der Waals surface area (Å²) < 4.78 is 46.5. The van der Waals surface area contributed by atoms with Gasteiger partial charge in [-0.1, -0.05) is 11.3 Å². The van der Waals surface area contributed by atoms with E-state index in [9.17, 15) is 18.0 Å². The van der Waals surface area contributed by atoms with Crippen LogP contribution in [-0.2, 0) is 30.8 Å². The summed E-state index contributed by atoms with van der Waals surface area (Å²) >= 11 is 1.03. The largest absolute Gasteiger partial charge is 0.497 e. The van der Waals surface area contributed by atoms with Crippen LogP contribution < -0.4 is 9.54 Å². The van der Waals surface area contributed by atoms with Crippen molar-refractivity contribution < 1.29 is 32.2 Å². The molecule has 0 spiro atoms. The van der Waals surface area contributed by atoms with Crippen LogP contribution in [0.15, 0.2) is 51.8 Å². The number of fused-ring (bicyclic) bond motifs is 1. The molecule has 0 amide bonds. The monoisotopic (exact) mass is 464 g/mol. The number of hydrogen-bond acceptors (Lipinski definition) is 8. The van der Waals surface area contributed by atoms with Crippen LogP contribution >= 0.6 is 11.3 Å². The topological polar surface area (TPSA) is 113 Å². The zero-order valence-corrected chi connectivity index (χ0v) is 18.7.